The Balaban J connectivity index is 1.66. The van der Waals surface area contributed by atoms with E-state index in [1.807, 2.05) is 42.5 Å². The van der Waals surface area contributed by atoms with E-state index in [0.717, 1.165) is 17.7 Å². The van der Waals surface area contributed by atoms with Gasteiger partial charge in [-0.15, -0.1) is 0 Å². The molecule has 1 N–H and O–H groups in total. The van der Waals surface area contributed by atoms with Crippen LogP contribution in [0.2, 0.25) is 5.02 Å². The zero-order chi connectivity index (χ0) is 19.1. The Morgan fingerprint density at radius 1 is 0.964 bits per heavy atom. The van der Waals surface area contributed by atoms with Gasteiger partial charge >= 0.3 is 0 Å². The number of hydrogen-bond acceptors (Lipinski definition) is 2. The van der Waals surface area contributed by atoms with Crippen molar-refractivity contribution in [3.63, 3.8) is 0 Å². The first kappa shape index (κ1) is 17.3. The summed E-state index contributed by atoms with van der Waals surface area (Å²) in [6, 6.07) is 23.9. The van der Waals surface area contributed by atoms with E-state index in [1.165, 1.54) is 5.56 Å². The van der Waals surface area contributed by atoms with Crippen LogP contribution in [-0.2, 0) is 0 Å². The molecule has 1 heterocycles. The van der Waals surface area contributed by atoms with Gasteiger partial charge in [-0.2, -0.15) is 0 Å². The van der Waals surface area contributed by atoms with Gasteiger partial charge in [-0.05, 0) is 35.6 Å². The molecule has 3 heteroatoms. The van der Waals surface area contributed by atoms with Crippen molar-refractivity contribution < 1.29 is 4.79 Å². The maximum atomic E-state index is 13.3. The summed E-state index contributed by atoms with van der Waals surface area (Å²) in [5.74, 6) is 0.689. The van der Waals surface area contributed by atoms with E-state index >= 15 is 0 Å². The summed E-state index contributed by atoms with van der Waals surface area (Å²) in [6.07, 6.45) is 5.54. The van der Waals surface area contributed by atoms with Crippen LogP contribution in [0.1, 0.15) is 45.4 Å². The first-order valence-electron chi connectivity index (χ1n) is 9.64. The predicted octanol–water partition coefficient (Wildman–Crippen LogP) is 6.40. The van der Waals surface area contributed by atoms with Crippen LogP contribution in [0.4, 0.5) is 5.69 Å². The number of nitrogens with one attached hydrogen (secondary N) is 1. The van der Waals surface area contributed by atoms with E-state index in [-0.39, 0.29) is 17.7 Å². The molecule has 138 valence electrons. The Kier molecular flexibility index (Phi) is 4.29. The summed E-state index contributed by atoms with van der Waals surface area (Å²) in [7, 11) is 0. The van der Waals surface area contributed by atoms with Crippen LogP contribution in [0.3, 0.4) is 0 Å². The summed E-state index contributed by atoms with van der Waals surface area (Å²) < 4.78 is 0. The molecule has 3 atom stereocenters. The molecule has 0 aromatic heterocycles. The van der Waals surface area contributed by atoms with Gasteiger partial charge in [0.15, 0.2) is 5.78 Å². The molecule has 28 heavy (non-hydrogen) atoms. The molecule has 0 bridgehead atoms. The molecule has 0 saturated carbocycles. The highest BCUT2D eigenvalue weighted by atomic mass is 35.5. The molecule has 0 spiro atoms. The van der Waals surface area contributed by atoms with Gasteiger partial charge < -0.3 is 5.32 Å². The number of benzene rings is 3. The van der Waals surface area contributed by atoms with E-state index in [1.54, 1.807) is 6.07 Å². The number of rotatable bonds is 3. The van der Waals surface area contributed by atoms with E-state index in [2.05, 4.69) is 41.7 Å². The zero-order valence-electron chi connectivity index (χ0n) is 15.3. The summed E-state index contributed by atoms with van der Waals surface area (Å²) >= 11 is 6.45. The third-order valence-electron chi connectivity index (χ3n) is 5.87. The van der Waals surface area contributed by atoms with Gasteiger partial charge in [-0.3, -0.25) is 4.79 Å². The van der Waals surface area contributed by atoms with Crippen LogP contribution >= 0.6 is 11.6 Å². The lowest BCUT2D eigenvalue weighted by molar-refractivity contribution is 0.103. The van der Waals surface area contributed by atoms with Gasteiger partial charge in [0.2, 0.25) is 0 Å². The molecule has 2 nitrogen and oxygen atoms in total. The van der Waals surface area contributed by atoms with Gasteiger partial charge in [-0.25, -0.2) is 0 Å². The molecule has 0 saturated heterocycles. The monoisotopic (exact) mass is 385 g/mol. The van der Waals surface area contributed by atoms with Gasteiger partial charge in [0, 0.05) is 27.8 Å². The third kappa shape index (κ3) is 2.85. The average Bonchev–Trinajstić information content (AvgIpc) is 3.24. The van der Waals surface area contributed by atoms with E-state index < -0.39 is 0 Å². The highest BCUT2D eigenvalue weighted by Gasteiger charge is 2.39. The SMILES string of the molecule is O=C(c1ccccc1)c1cc(Cl)cc2c1N[C@H](c1ccccc1)[C@@H]1CC=C[C@@H]21. The Bertz CT molecular complexity index is 1060. The second kappa shape index (κ2) is 6.96. The lowest BCUT2D eigenvalue weighted by Gasteiger charge is -2.38. The summed E-state index contributed by atoms with van der Waals surface area (Å²) in [6.45, 7) is 0. The molecular formula is C25H20ClNO. The molecule has 0 fully saturated rings. The fraction of sp³-hybridized carbons (Fsp3) is 0.160. The van der Waals surface area contributed by atoms with Crippen molar-refractivity contribution in [1.29, 1.82) is 0 Å². The van der Waals surface area contributed by atoms with Crippen molar-refractivity contribution in [1.82, 2.24) is 0 Å². The number of anilines is 1. The lowest BCUT2D eigenvalue weighted by atomic mass is 9.76. The minimum absolute atomic E-state index is 0.000844. The Morgan fingerprint density at radius 3 is 2.43 bits per heavy atom. The Hall–Kier alpha value is -2.84. The maximum Gasteiger partial charge on any atom is 0.195 e. The first-order valence-corrected chi connectivity index (χ1v) is 10.0. The van der Waals surface area contributed by atoms with Crippen LogP contribution in [0.25, 0.3) is 0 Å². The minimum Gasteiger partial charge on any atom is -0.377 e. The normalized spacial score (nSPS) is 22.2. The Morgan fingerprint density at radius 2 is 1.68 bits per heavy atom. The van der Waals surface area contributed by atoms with E-state index in [9.17, 15) is 4.79 Å². The summed E-state index contributed by atoms with van der Waals surface area (Å²) in [4.78, 5) is 13.3. The van der Waals surface area contributed by atoms with Crippen molar-refractivity contribution >= 4 is 23.1 Å². The van der Waals surface area contributed by atoms with E-state index in [4.69, 9.17) is 11.6 Å². The molecule has 2 aliphatic rings. The van der Waals surface area contributed by atoms with Crippen LogP contribution in [0.5, 0.6) is 0 Å². The van der Waals surface area contributed by atoms with Crippen molar-refractivity contribution in [2.24, 2.45) is 5.92 Å². The summed E-state index contributed by atoms with van der Waals surface area (Å²) in [5, 5.41) is 4.32. The third-order valence-corrected chi connectivity index (χ3v) is 6.09. The summed E-state index contributed by atoms with van der Waals surface area (Å²) in [5.41, 5.74) is 4.61. The van der Waals surface area contributed by atoms with Crippen LogP contribution < -0.4 is 5.32 Å². The molecule has 1 aliphatic heterocycles. The lowest BCUT2D eigenvalue weighted by Crippen LogP contribution is -2.30. The highest BCUT2D eigenvalue weighted by Crippen LogP contribution is 2.51. The standard InChI is InChI=1S/C25H20ClNO/c26-18-14-21-19-12-7-13-20(19)23(16-8-3-1-4-9-16)27-24(21)22(15-18)25(28)17-10-5-2-6-11-17/h1-12,14-15,19-20,23,27H,13H2/t19-,20-,23-/m1/s1. The van der Waals surface area contributed by atoms with E-state index in [0.29, 0.717) is 22.1 Å². The van der Waals surface area contributed by atoms with Gasteiger partial charge in [0.25, 0.3) is 0 Å². The maximum absolute atomic E-state index is 13.3. The Labute approximate surface area is 169 Å². The smallest absolute Gasteiger partial charge is 0.195 e. The van der Waals surface area contributed by atoms with Crippen LogP contribution in [0.15, 0.2) is 84.9 Å². The van der Waals surface area contributed by atoms with Crippen molar-refractivity contribution in [2.75, 3.05) is 5.32 Å². The first-order chi connectivity index (χ1) is 13.7. The van der Waals surface area contributed by atoms with Gasteiger partial charge in [0.1, 0.15) is 0 Å². The molecule has 0 radical (unpaired) electrons. The molecule has 0 unspecified atom stereocenters. The second-order valence-electron chi connectivity index (χ2n) is 7.50. The largest absolute Gasteiger partial charge is 0.377 e. The number of fused-ring (bicyclic) bond motifs is 3. The van der Waals surface area contributed by atoms with Crippen molar-refractivity contribution in [3.8, 4) is 0 Å². The number of carbonyl (C=O) groups excluding carboxylic acids is 1. The van der Waals surface area contributed by atoms with Crippen LogP contribution in [-0.4, -0.2) is 5.78 Å². The molecule has 1 aliphatic carbocycles. The minimum atomic E-state index is -0.000844. The highest BCUT2D eigenvalue weighted by molar-refractivity contribution is 6.31. The van der Waals surface area contributed by atoms with Gasteiger partial charge in [0.05, 0.1) is 6.04 Å². The van der Waals surface area contributed by atoms with Crippen molar-refractivity contribution in [2.45, 2.75) is 18.4 Å². The fourth-order valence-corrected chi connectivity index (χ4v) is 4.81. The number of hydrogen-bond donors (Lipinski definition) is 1. The van der Waals surface area contributed by atoms with Crippen LogP contribution in [0, 0.1) is 5.92 Å². The molecule has 5 rings (SSSR count). The molecule has 3 aromatic rings. The number of halogens is 1. The second-order valence-corrected chi connectivity index (χ2v) is 7.94. The van der Waals surface area contributed by atoms with Gasteiger partial charge in [-0.1, -0.05) is 84.4 Å². The predicted molar refractivity (Wildman–Crippen MR) is 114 cm³/mol. The van der Waals surface area contributed by atoms with Crippen molar-refractivity contribution in [3.05, 3.63) is 112 Å². The number of carbonyl (C=O) groups is 1. The number of allylic oxidation sites excluding steroid dienone is 2. The molecule has 0 amide bonds. The zero-order valence-corrected chi connectivity index (χ0v) is 16.1. The average molecular weight is 386 g/mol. The quantitative estimate of drug-likeness (QED) is 0.417. The fourth-order valence-electron chi connectivity index (χ4n) is 4.58. The molecule has 3 aromatic carbocycles. The molecular weight excluding hydrogens is 366 g/mol. The topological polar surface area (TPSA) is 29.1 Å². The number of ketones is 1.